The maximum atomic E-state index is 12.5. The molecule has 3 rings (SSSR count). The molecular weight excluding hydrogens is 474 g/mol. The Kier molecular flexibility index (Phi) is 8.16. The van der Waals surface area contributed by atoms with Gasteiger partial charge in [-0.15, -0.1) is 0 Å². The van der Waals surface area contributed by atoms with Gasteiger partial charge in [0.2, 0.25) is 0 Å². The molecule has 1 aromatic heterocycles. The van der Waals surface area contributed by atoms with E-state index < -0.39 is 21.9 Å². The molecule has 3 N–H and O–H groups in total. The number of benzene rings is 2. The molecule has 0 atom stereocenters. The number of hydrogen-bond donors (Lipinski definition) is 3. The average molecular weight is 498 g/mol. The summed E-state index contributed by atoms with van der Waals surface area (Å²) >= 11 is 0. The van der Waals surface area contributed by atoms with E-state index in [0.29, 0.717) is 30.9 Å². The molecule has 3 aromatic rings. The summed E-state index contributed by atoms with van der Waals surface area (Å²) < 4.78 is 32.3. The number of nitrogens with zero attached hydrogens (tertiary/aromatic N) is 1. The van der Waals surface area contributed by atoms with E-state index in [4.69, 9.17) is 9.84 Å². The molecule has 2 amide bonds. The van der Waals surface area contributed by atoms with Crippen molar-refractivity contribution in [2.45, 2.75) is 18.2 Å². The van der Waals surface area contributed by atoms with Crippen molar-refractivity contribution in [3.63, 3.8) is 0 Å². The van der Waals surface area contributed by atoms with Gasteiger partial charge in [-0.2, -0.15) is 0 Å². The fourth-order valence-corrected chi connectivity index (χ4v) is 4.00. The van der Waals surface area contributed by atoms with Gasteiger partial charge in [0.15, 0.2) is 0 Å². The lowest BCUT2D eigenvalue weighted by atomic mass is 10.1. The molecule has 0 radical (unpaired) electrons. The number of ether oxygens (including phenoxy) is 1. The normalized spacial score (nSPS) is 10.9. The van der Waals surface area contributed by atoms with Gasteiger partial charge in [0.05, 0.1) is 17.1 Å². The van der Waals surface area contributed by atoms with Gasteiger partial charge >= 0.3 is 5.97 Å². The molecule has 1 heterocycles. The van der Waals surface area contributed by atoms with E-state index in [1.165, 1.54) is 18.2 Å². The van der Waals surface area contributed by atoms with Crippen molar-refractivity contribution >= 4 is 27.8 Å². The van der Waals surface area contributed by atoms with Crippen LogP contribution in [0.3, 0.4) is 0 Å². The topological polar surface area (TPSA) is 152 Å². The number of aromatic carboxylic acids is 1. The molecule has 182 valence electrons. The van der Waals surface area contributed by atoms with Crippen LogP contribution in [0.1, 0.15) is 43.7 Å². The minimum absolute atomic E-state index is 0.0986. The Labute approximate surface area is 202 Å². The summed E-state index contributed by atoms with van der Waals surface area (Å²) in [5.74, 6) is -1.75. The van der Waals surface area contributed by atoms with Gasteiger partial charge < -0.3 is 15.2 Å². The molecular formula is C24H23N3O7S. The Morgan fingerprint density at radius 1 is 0.914 bits per heavy atom. The molecule has 11 heteroatoms. The zero-order chi connectivity index (χ0) is 25.4. The van der Waals surface area contributed by atoms with Crippen molar-refractivity contribution in [1.82, 2.24) is 15.0 Å². The number of carbonyl (C=O) groups is 3. The summed E-state index contributed by atoms with van der Waals surface area (Å²) in [7, 11) is -4.15. The van der Waals surface area contributed by atoms with Crippen molar-refractivity contribution in [2.75, 3.05) is 13.2 Å². The first kappa shape index (κ1) is 25.4. The predicted octanol–water partition coefficient (Wildman–Crippen LogP) is 2.27. The molecule has 10 nitrogen and oxygen atoms in total. The summed E-state index contributed by atoms with van der Waals surface area (Å²) in [4.78, 5) is 38.8. The van der Waals surface area contributed by atoms with E-state index >= 15 is 0 Å². The fraction of sp³-hybridized carbons (Fsp3) is 0.167. The molecule has 0 spiro atoms. The van der Waals surface area contributed by atoms with Crippen LogP contribution in [0.4, 0.5) is 0 Å². The molecule has 0 unspecified atom stereocenters. The van der Waals surface area contributed by atoms with Gasteiger partial charge in [-0.25, -0.2) is 22.9 Å². The zero-order valence-corrected chi connectivity index (χ0v) is 19.5. The lowest BCUT2D eigenvalue weighted by Crippen LogP contribution is -2.30. The maximum absolute atomic E-state index is 12.5. The molecule has 0 aliphatic carbocycles. The maximum Gasteiger partial charge on any atom is 0.354 e. The van der Waals surface area contributed by atoms with Gasteiger partial charge in [-0.05, 0) is 67.4 Å². The van der Waals surface area contributed by atoms with Crippen LogP contribution < -0.4 is 14.8 Å². The van der Waals surface area contributed by atoms with Crippen LogP contribution in [0.2, 0.25) is 0 Å². The van der Waals surface area contributed by atoms with Gasteiger partial charge in [0.25, 0.3) is 21.8 Å². The second kappa shape index (κ2) is 11.3. The predicted molar refractivity (Wildman–Crippen MR) is 126 cm³/mol. The van der Waals surface area contributed by atoms with Crippen LogP contribution in [-0.2, 0) is 16.4 Å². The van der Waals surface area contributed by atoms with Gasteiger partial charge in [0.1, 0.15) is 11.4 Å². The lowest BCUT2D eigenvalue weighted by Gasteiger charge is -2.09. The van der Waals surface area contributed by atoms with Crippen molar-refractivity contribution in [1.29, 1.82) is 0 Å². The number of rotatable bonds is 10. The highest BCUT2D eigenvalue weighted by atomic mass is 32.2. The first-order valence-electron chi connectivity index (χ1n) is 10.6. The van der Waals surface area contributed by atoms with Crippen LogP contribution in [0.5, 0.6) is 5.75 Å². The number of carboxylic acid groups (broad SMARTS) is 1. The second-order valence-electron chi connectivity index (χ2n) is 7.28. The highest BCUT2D eigenvalue weighted by molar-refractivity contribution is 7.90. The first-order valence-corrected chi connectivity index (χ1v) is 12.0. The fourth-order valence-electron chi connectivity index (χ4n) is 3.02. The lowest BCUT2D eigenvalue weighted by molar-refractivity contribution is 0.0689. The Bertz CT molecular complexity index is 1300. The summed E-state index contributed by atoms with van der Waals surface area (Å²) in [6.45, 7) is 2.76. The number of hydrogen-bond acceptors (Lipinski definition) is 7. The first-order chi connectivity index (χ1) is 16.7. The van der Waals surface area contributed by atoms with Crippen LogP contribution in [0.15, 0.2) is 71.8 Å². The largest absolute Gasteiger partial charge is 0.494 e. The summed E-state index contributed by atoms with van der Waals surface area (Å²) in [5.41, 5.74) is 0.920. The standard InChI is InChI=1S/C24H23N3O7S/c1-2-34-19-8-5-17(6-9-19)22(28)25-14-13-16-3-10-20(11-4-16)35(32,33)27-23(29)18-7-12-21(24(30)31)26-15-18/h3-12,15H,2,13-14H2,1H3,(H,25,28)(H,27,29)(H,30,31). The number of pyridine rings is 1. The van der Waals surface area contributed by atoms with Crippen molar-refractivity contribution in [3.8, 4) is 5.75 Å². The quantitative estimate of drug-likeness (QED) is 0.386. The Balaban J connectivity index is 1.54. The molecule has 0 aliphatic rings. The third kappa shape index (κ3) is 6.87. The zero-order valence-electron chi connectivity index (χ0n) is 18.7. The Hall–Kier alpha value is -4.25. The molecule has 0 aliphatic heterocycles. The summed E-state index contributed by atoms with van der Waals surface area (Å²) in [6.07, 6.45) is 1.45. The number of carbonyl (C=O) groups excluding carboxylic acids is 2. The molecule has 0 bridgehead atoms. The number of amides is 2. The van der Waals surface area contributed by atoms with E-state index in [1.807, 2.05) is 11.6 Å². The van der Waals surface area contributed by atoms with E-state index in [9.17, 15) is 22.8 Å². The minimum atomic E-state index is -4.15. The Morgan fingerprint density at radius 2 is 1.57 bits per heavy atom. The van der Waals surface area contributed by atoms with E-state index in [2.05, 4.69) is 10.3 Å². The van der Waals surface area contributed by atoms with Gasteiger partial charge in [0, 0.05) is 18.3 Å². The molecule has 2 aromatic carbocycles. The van der Waals surface area contributed by atoms with Crippen molar-refractivity contribution < 1.29 is 32.6 Å². The minimum Gasteiger partial charge on any atom is -0.494 e. The molecule has 0 saturated heterocycles. The highest BCUT2D eigenvalue weighted by Gasteiger charge is 2.19. The Morgan fingerprint density at radius 3 is 2.14 bits per heavy atom. The smallest absolute Gasteiger partial charge is 0.354 e. The highest BCUT2D eigenvalue weighted by Crippen LogP contribution is 2.13. The van der Waals surface area contributed by atoms with Crippen LogP contribution in [-0.4, -0.2) is 49.4 Å². The second-order valence-corrected chi connectivity index (χ2v) is 8.96. The average Bonchev–Trinajstić information content (AvgIpc) is 2.84. The van der Waals surface area contributed by atoms with Crippen LogP contribution in [0.25, 0.3) is 0 Å². The number of aromatic nitrogens is 1. The van der Waals surface area contributed by atoms with E-state index in [0.717, 1.165) is 17.8 Å². The number of nitrogens with one attached hydrogen (secondary N) is 2. The van der Waals surface area contributed by atoms with Gasteiger partial charge in [-0.1, -0.05) is 12.1 Å². The molecule has 0 fully saturated rings. The molecule has 0 saturated carbocycles. The summed E-state index contributed by atoms with van der Waals surface area (Å²) in [6, 6.07) is 14.9. The van der Waals surface area contributed by atoms with E-state index in [1.54, 1.807) is 36.4 Å². The SMILES string of the molecule is CCOc1ccc(C(=O)NCCc2ccc(S(=O)(=O)NC(=O)c3ccc(C(=O)O)nc3)cc2)cc1. The van der Waals surface area contributed by atoms with Gasteiger partial charge in [-0.3, -0.25) is 9.59 Å². The third-order valence-corrected chi connectivity index (χ3v) is 6.18. The third-order valence-electron chi connectivity index (χ3n) is 4.83. The summed E-state index contributed by atoms with van der Waals surface area (Å²) in [5, 5.41) is 11.6. The molecule has 35 heavy (non-hydrogen) atoms. The van der Waals surface area contributed by atoms with Crippen molar-refractivity contribution in [3.05, 3.63) is 89.2 Å². The monoisotopic (exact) mass is 497 g/mol. The van der Waals surface area contributed by atoms with E-state index in [-0.39, 0.29) is 22.1 Å². The number of sulfonamides is 1. The van der Waals surface area contributed by atoms with Crippen molar-refractivity contribution in [2.24, 2.45) is 0 Å². The van der Waals surface area contributed by atoms with Crippen LogP contribution >= 0.6 is 0 Å². The van der Waals surface area contributed by atoms with Crippen LogP contribution in [0, 0.1) is 0 Å². The number of carboxylic acids is 1.